The lowest BCUT2D eigenvalue weighted by Gasteiger charge is -2.10. The largest absolute Gasteiger partial charge is 0.437 e. The van der Waals surface area contributed by atoms with Gasteiger partial charge in [0.1, 0.15) is 5.75 Å². The Labute approximate surface area is 176 Å². The van der Waals surface area contributed by atoms with Gasteiger partial charge in [0.25, 0.3) is 0 Å². The van der Waals surface area contributed by atoms with Crippen molar-refractivity contribution >= 4 is 33.4 Å². The number of hydrogen-bond donors (Lipinski definition) is 1. The molecular weight excluding hydrogens is 412 g/mol. The first-order valence-electron chi connectivity index (χ1n) is 9.18. The molecule has 0 aliphatic rings. The molecule has 8 heteroatoms. The van der Waals surface area contributed by atoms with Crippen LogP contribution < -0.4 is 10.1 Å². The Balaban J connectivity index is 2.08. The van der Waals surface area contributed by atoms with E-state index in [-0.39, 0.29) is 33.5 Å². The standard InChI is InChI=1S/C21H25ClN2O4S/c1-14(2)13-29(26,27)18-8-9-20(19(22)11-18)28-21-10-7-17(12-23-21)6-5-15(3)24-16(4)25/h5-12,14-15H,13H2,1-4H3,(H,24,25)/b6-5+/t15-/m0/s1. The molecule has 2 aromatic rings. The second kappa shape index (κ2) is 9.89. The number of nitrogens with one attached hydrogen (secondary N) is 1. The number of hydrogen-bond acceptors (Lipinski definition) is 5. The molecule has 156 valence electrons. The van der Waals surface area contributed by atoms with Crippen LogP contribution in [-0.2, 0) is 14.6 Å². The number of benzene rings is 1. The Morgan fingerprint density at radius 1 is 1.24 bits per heavy atom. The van der Waals surface area contributed by atoms with Crippen LogP contribution in [0, 0.1) is 5.92 Å². The van der Waals surface area contributed by atoms with Gasteiger partial charge in [-0.2, -0.15) is 0 Å². The minimum absolute atomic E-state index is 0.0210. The van der Waals surface area contributed by atoms with Crippen LogP contribution in [0.3, 0.4) is 0 Å². The molecule has 29 heavy (non-hydrogen) atoms. The third-order valence-electron chi connectivity index (χ3n) is 3.80. The number of carbonyl (C=O) groups excluding carboxylic acids is 1. The summed E-state index contributed by atoms with van der Waals surface area (Å²) in [6.07, 6.45) is 5.33. The smallest absolute Gasteiger partial charge is 0.219 e. The highest BCUT2D eigenvalue weighted by Gasteiger charge is 2.18. The summed E-state index contributed by atoms with van der Waals surface area (Å²) < 4.78 is 30.3. The lowest BCUT2D eigenvalue weighted by molar-refractivity contribution is -0.119. The lowest BCUT2D eigenvalue weighted by Crippen LogP contribution is -2.28. The van der Waals surface area contributed by atoms with Gasteiger partial charge < -0.3 is 10.1 Å². The summed E-state index contributed by atoms with van der Waals surface area (Å²) in [7, 11) is -3.39. The molecule has 1 N–H and O–H groups in total. The summed E-state index contributed by atoms with van der Waals surface area (Å²) in [5, 5.41) is 2.96. The molecule has 1 aromatic carbocycles. The second-order valence-corrected chi connectivity index (χ2v) is 9.59. The normalized spacial score (nSPS) is 12.9. The first-order valence-corrected chi connectivity index (χ1v) is 11.2. The first kappa shape index (κ1) is 22.9. The topological polar surface area (TPSA) is 85.4 Å². The maximum atomic E-state index is 12.3. The summed E-state index contributed by atoms with van der Waals surface area (Å²) in [6.45, 7) is 7.04. The number of amides is 1. The number of ether oxygens (including phenoxy) is 1. The van der Waals surface area contributed by atoms with Gasteiger partial charge in [0.2, 0.25) is 11.8 Å². The number of carbonyl (C=O) groups is 1. The van der Waals surface area contributed by atoms with E-state index >= 15 is 0 Å². The Morgan fingerprint density at radius 2 is 1.97 bits per heavy atom. The Hall–Kier alpha value is -2.38. The third-order valence-corrected chi connectivity index (χ3v) is 6.17. The van der Waals surface area contributed by atoms with Crippen LogP contribution in [0.15, 0.2) is 47.5 Å². The van der Waals surface area contributed by atoms with E-state index < -0.39 is 9.84 Å². The number of sulfone groups is 1. The molecule has 1 atom stereocenters. The van der Waals surface area contributed by atoms with Crippen molar-refractivity contribution in [3.05, 3.63) is 53.2 Å². The van der Waals surface area contributed by atoms with Crippen molar-refractivity contribution in [2.45, 2.75) is 38.6 Å². The first-order chi connectivity index (χ1) is 13.6. The quantitative estimate of drug-likeness (QED) is 0.658. The van der Waals surface area contributed by atoms with Crippen LogP contribution in [0.1, 0.15) is 33.3 Å². The molecule has 1 heterocycles. The van der Waals surface area contributed by atoms with Gasteiger partial charge in [-0.25, -0.2) is 13.4 Å². The van der Waals surface area contributed by atoms with Gasteiger partial charge in [-0.1, -0.05) is 37.6 Å². The fourth-order valence-corrected chi connectivity index (χ4v) is 4.51. The van der Waals surface area contributed by atoms with Crippen LogP contribution in [0.4, 0.5) is 0 Å². The SMILES string of the molecule is CC(=O)N[C@@H](C)/C=C/c1ccc(Oc2ccc(S(=O)(=O)CC(C)C)cc2Cl)nc1. The van der Waals surface area contributed by atoms with Gasteiger partial charge in [-0.15, -0.1) is 0 Å². The van der Waals surface area contributed by atoms with Crippen molar-refractivity contribution in [1.82, 2.24) is 10.3 Å². The zero-order valence-corrected chi connectivity index (χ0v) is 18.4. The van der Waals surface area contributed by atoms with E-state index in [4.69, 9.17) is 16.3 Å². The number of nitrogens with zero attached hydrogens (tertiary/aromatic N) is 1. The number of pyridine rings is 1. The van der Waals surface area contributed by atoms with Gasteiger partial charge in [-0.3, -0.25) is 4.79 Å². The molecule has 1 aromatic heterocycles. The van der Waals surface area contributed by atoms with Crippen LogP contribution in [0.25, 0.3) is 6.08 Å². The minimum atomic E-state index is -3.39. The fourth-order valence-electron chi connectivity index (χ4n) is 2.58. The van der Waals surface area contributed by atoms with Gasteiger partial charge in [0.15, 0.2) is 9.84 Å². The molecule has 0 saturated carbocycles. The highest BCUT2D eigenvalue weighted by molar-refractivity contribution is 7.91. The molecular formula is C21H25ClN2O4S. The summed E-state index contributed by atoms with van der Waals surface area (Å²) in [5.74, 6) is 0.638. The van der Waals surface area contributed by atoms with Crippen molar-refractivity contribution in [3.63, 3.8) is 0 Å². The van der Waals surface area contributed by atoms with Gasteiger partial charge in [0, 0.05) is 25.2 Å². The minimum Gasteiger partial charge on any atom is -0.437 e. The molecule has 0 radical (unpaired) electrons. The van der Waals surface area contributed by atoms with Crippen molar-refractivity contribution in [1.29, 1.82) is 0 Å². The van der Waals surface area contributed by atoms with E-state index in [0.29, 0.717) is 11.6 Å². The Bertz CT molecular complexity index is 986. The molecule has 0 saturated heterocycles. The number of rotatable bonds is 8. The molecule has 2 rings (SSSR count). The van der Waals surface area contributed by atoms with Crippen LogP contribution in [0.2, 0.25) is 5.02 Å². The maximum absolute atomic E-state index is 12.3. The molecule has 1 amide bonds. The van der Waals surface area contributed by atoms with Crippen molar-refractivity contribution < 1.29 is 17.9 Å². The van der Waals surface area contributed by atoms with E-state index in [0.717, 1.165) is 5.56 Å². The lowest BCUT2D eigenvalue weighted by atomic mass is 10.2. The predicted octanol–water partition coefficient (Wildman–Crippen LogP) is 4.49. The molecule has 0 fully saturated rings. The van der Waals surface area contributed by atoms with E-state index in [9.17, 15) is 13.2 Å². The zero-order valence-electron chi connectivity index (χ0n) is 16.8. The van der Waals surface area contributed by atoms with E-state index in [2.05, 4.69) is 10.3 Å². The zero-order chi connectivity index (χ0) is 21.6. The molecule has 0 aliphatic heterocycles. The van der Waals surface area contributed by atoms with E-state index in [1.54, 1.807) is 12.3 Å². The number of halogens is 1. The highest BCUT2D eigenvalue weighted by atomic mass is 35.5. The maximum Gasteiger partial charge on any atom is 0.219 e. The summed E-state index contributed by atoms with van der Waals surface area (Å²) >= 11 is 6.22. The average molecular weight is 437 g/mol. The van der Waals surface area contributed by atoms with Crippen LogP contribution >= 0.6 is 11.6 Å². The van der Waals surface area contributed by atoms with Crippen LogP contribution in [0.5, 0.6) is 11.6 Å². The van der Waals surface area contributed by atoms with Crippen LogP contribution in [-0.4, -0.2) is 31.1 Å². The summed E-state index contributed by atoms with van der Waals surface area (Å²) in [4.78, 5) is 15.4. The molecule has 0 unspecified atom stereocenters. The second-order valence-electron chi connectivity index (χ2n) is 7.15. The monoisotopic (exact) mass is 436 g/mol. The van der Waals surface area contributed by atoms with Gasteiger partial charge >= 0.3 is 0 Å². The van der Waals surface area contributed by atoms with E-state index in [1.807, 2.05) is 39.0 Å². The van der Waals surface area contributed by atoms with Gasteiger partial charge in [0.05, 0.1) is 15.7 Å². The van der Waals surface area contributed by atoms with Crippen molar-refractivity contribution in [3.8, 4) is 11.6 Å². The molecule has 0 spiro atoms. The highest BCUT2D eigenvalue weighted by Crippen LogP contribution is 2.31. The van der Waals surface area contributed by atoms with Gasteiger partial charge in [-0.05, 0) is 42.7 Å². The Kier molecular flexibility index (Phi) is 7.81. The number of aromatic nitrogens is 1. The fraction of sp³-hybridized carbons (Fsp3) is 0.333. The molecule has 0 bridgehead atoms. The molecule has 0 aliphatic carbocycles. The predicted molar refractivity (Wildman–Crippen MR) is 115 cm³/mol. The van der Waals surface area contributed by atoms with E-state index in [1.165, 1.54) is 25.1 Å². The molecule has 6 nitrogen and oxygen atoms in total. The average Bonchev–Trinajstić information content (AvgIpc) is 2.61. The Morgan fingerprint density at radius 3 is 2.52 bits per heavy atom. The van der Waals surface area contributed by atoms with Crippen molar-refractivity contribution in [2.24, 2.45) is 5.92 Å². The van der Waals surface area contributed by atoms with Crippen molar-refractivity contribution in [2.75, 3.05) is 5.75 Å². The summed E-state index contributed by atoms with van der Waals surface area (Å²) in [5.41, 5.74) is 0.843. The third kappa shape index (κ3) is 7.18. The summed E-state index contributed by atoms with van der Waals surface area (Å²) in [6, 6.07) is 7.82.